The van der Waals surface area contributed by atoms with Gasteiger partial charge in [-0.15, -0.1) is 10.2 Å². The molecule has 2 aromatic carbocycles. The number of benzene rings is 2. The summed E-state index contributed by atoms with van der Waals surface area (Å²) in [4.78, 5) is 25.7. The van der Waals surface area contributed by atoms with Crippen molar-refractivity contribution < 1.29 is 14.0 Å². The van der Waals surface area contributed by atoms with Gasteiger partial charge in [0.1, 0.15) is 0 Å². The molecule has 1 heterocycles. The van der Waals surface area contributed by atoms with Crippen molar-refractivity contribution in [2.45, 2.75) is 5.22 Å². The molecule has 0 bridgehead atoms. The van der Waals surface area contributed by atoms with E-state index in [-0.39, 0.29) is 29.3 Å². The number of nitrogens with one attached hydrogen (secondary N) is 1. The molecule has 0 aliphatic heterocycles. The Hall–Kier alpha value is -2.36. The van der Waals surface area contributed by atoms with Gasteiger partial charge in [-0.05, 0) is 36.4 Å². The lowest BCUT2D eigenvalue weighted by Gasteiger charge is -2.16. The van der Waals surface area contributed by atoms with E-state index in [1.165, 1.54) is 4.90 Å². The van der Waals surface area contributed by atoms with Crippen molar-refractivity contribution >= 4 is 56.8 Å². The summed E-state index contributed by atoms with van der Waals surface area (Å²) in [6.07, 6.45) is 0. The molecule has 7 nitrogen and oxygen atoms in total. The Balaban J connectivity index is 1.49. The number of likely N-dealkylation sites (N-methyl/N-ethyl adjacent to an activating group) is 1. The molecular formula is C19H16BrClN4O3S. The van der Waals surface area contributed by atoms with E-state index < -0.39 is 0 Å². The highest BCUT2D eigenvalue weighted by molar-refractivity contribution is 9.10. The number of amides is 2. The van der Waals surface area contributed by atoms with Gasteiger partial charge < -0.3 is 14.6 Å². The standard InChI is InChI=1S/C19H16BrClN4O3S/c1-25(10-16(26)22-15-5-3-2-4-14(15)21)17(27)11-29-19-24-23-18(28-19)12-6-8-13(20)9-7-12/h2-9H,10-11H2,1H3,(H,22,26). The number of carbonyl (C=O) groups excluding carboxylic acids is 2. The van der Waals surface area contributed by atoms with Crippen LogP contribution in [0.3, 0.4) is 0 Å². The van der Waals surface area contributed by atoms with Crippen molar-refractivity contribution in [1.82, 2.24) is 15.1 Å². The number of para-hydroxylation sites is 1. The van der Waals surface area contributed by atoms with E-state index in [2.05, 4.69) is 31.4 Å². The van der Waals surface area contributed by atoms with E-state index in [0.717, 1.165) is 21.8 Å². The minimum absolute atomic E-state index is 0.0673. The molecule has 2 amide bonds. The van der Waals surface area contributed by atoms with Gasteiger partial charge in [0.15, 0.2) is 0 Å². The summed E-state index contributed by atoms with van der Waals surface area (Å²) in [6.45, 7) is -0.0986. The molecule has 1 aromatic heterocycles. The molecule has 0 aliphatic carbocycles. The third kappa shape index (κ3) is 6.06. The number of anilines is 1. The van der Waals surface area contributed by atoms with Crippen LogP contribution in [0.2, 0.25) is 5.02 Å². The first kappa shape index (κ1) is 21.4. The van der Waals surface area contributed by atoms with Crippen LogP contribution < -0.4 is 5.32 Å². The molecule has 3 rings (SSSR count). The smallest absolute Gasteiger partial charge is 0.277 e. The third-order valence-electron chi connectivity index (χ3n) is 3.77. The lowest BCUT2D eigenvalue weighted by atomic mass is 10.2. The van der Waals surface area contributed by atoms with E-state index in [4.69, 9.17) is 16.0 Å². The summed E-state index contributed by atoms with van der Waals surface area (Å²) < 4.78 is 6.52. The molecule has 0 spiro atoms. The van der Waals surface area contributed by atoms with Crippen LogP contribution in [0.25, 0.3) is 11.5 Å². The van der Waals surface area contributed by atoms with Gasteiger partial charge in [0.25, 0.3) is 5.22 Å². The van der Waals surface area contributed by atoms with Crippen LogP contribution in [-0.2, 0) is 9.59 Å². The Kier molecular flexibility index (Phi) is 7.29. The van der Waals surface area contributed by atoms with Crippen LogP contribution in [0.4, 0.5) is 5.69 Å². The highest BCUT2D eigenvalue weighted by atomic mass is 79.9. The maximum Gasteiger partial charge on any atom is 0.277 e. The van der Waals surface area contributed by atoms with E-state index in [1.807, 2.05) is 24.3 Å². The van der Waals surface area contributed by atoms with Crippen LogP contribution in [0.15, 0.2) is 62.6 Å². The number of hydrogen-bond acceptors (Lipinski definition) is 6. The van der Waals surface area contributed by atoms with Crippen LogP contribution in [-0.4, -0.2) is 46.3 Å². The van der Waals surface area contributed by atoms with Gasteiger partial charge in [-0.2, -0.15) is 0 Å². The van der Waals surface area contributed by atoms with Crippen molar-refractivity contribution in [1.29, 1.82) is 0 Å². The number of thioether (sulfide) groups is 1. The summed E-state index contributed by atoms with van der Waals surface area (Å²) >= 11 is 10.5. The number of hydrogen-bond donors (Lipinski definition) is 1. The van der Waals surface area contributed by atoms with Gasteiger partial charge >= 0.3 is 0 Å². The average Bonchev–Trinajstić information content (AvgIpc) is 3.17. The lowest BCUT2D eigenvalue weighted by molar-refractivity contribution is -0.131. The van der Waals surface area contributed by atoms with Gasteiger partial charge in [0, 0.05) is 17.1 Å². The van der Waals surface area contributed by atoms with Crippen molar-refractivity contribution in [3.63, 3.8) is 0 Å². The molecule has 29 heavy (non-hydrogen) atoms. The molecule has 0 unspecified atom stereocenters. The molecule has 0 aliphatic rings. The largest absolute Gasteiger partial charge is 0.411 e. The Morgan fingerprint density at radius 3 is 2.62 bits per heavy atom. The predicted octanol–water partition coefficient (Wildman–Crippen LogP) is 4.34. The van der Waals surface area contributed by atoms with E-state index in [0.29, 0.717) is 16.6 Å². The Morgan fingerprint density at radius 1 is 1.17 bits per heavy atom. The molecule has 10 heteroatoms. The van der Waals surface area contributed by atoms with Gasteiger partial charge in [0.2, 0.25) is 17.7 Å². The van der Waals surface area contributed by atoms with E-state index >= 15 is 0 Å². The summed E-state index contributed by atoms with van der Waals surface area (Å²) in [6, 6.07) is 14.3. The summed E-state index contributed by atoms with van der Waals surface area (Å²) in [7, 11) is 1.55. The Morgan fingerprint density at radius 2 is 1.90 bits per heavy atom. The maximum atomic E-state index is 12.3. The molecule has 0 atom stereocenters. The first-order valence-corrected chi connectivity index (χ1v) is 10.6. The molecule has 150 valence electrons. The predicted molar refractivity (Wildman–Crippen MR) is 116 cm³/mol. The van der Waals surface area contributed by atoms with Crippen molar-refractivity contribution in [2.24, 2.45) is 0 Å². The first-order chi connectivity index (χ1) is 13.9. The number of nitrogens with zero attached hydrogens (tertiary/aromatic N) is 3. The fraction of sp³-hybridized carbons (Fsp3) is 0.158. The monoisotopic (exact) mass is 494 g/mol. The lowest BCUT2D eigenvalue weighted by Crippen LogP contribution is -2.36. The van der Waals surface area contributed by atoms with Crippen molar-refractivity contribution in [3.8, 4) is 11.5 Å². The average molecular weight is 496 g/mol. The van der Waals surface area contributed by atoms with Gasteiger partial charge in [-0.3, -0.25) is 9.59 Å². The summed E-state index contributed by atoms with van der Waals surface area (Å²) in [5.41, 5.74) is 1.29. The second kappa shape index (κ2) is 9.91. The maximum absolute atomic E-state index is 12.3. The number of carbonyl (C=O) groups is 2. The minimum atomic E-state index is -0.339. The normalized spacial score (nSPS) is 10.6. The highest BCUT2D eigenvalue weighted by Crippen LogP contribution is 2.24. The van der Waals surface area contributed by atoms with E-state index in [1.54, 1.807) is 31.3 Å². The fourth-order valence-electron chi connectivity index (χ4n) is 2.27. The molecule has 3 aromatic rings. The van der Waals surface area contributed by atoms with Crippen LogP contribution in [0, 0.1) is 0 Å². The van der Waals surface area contributed by atoms with Crippen molar-refractivity contribution in [2.75, 3.05) is 24.7 Å². The topological polar surface area (TPSA) is 88.3 Å². The first-order valence-electron chi connectivity index (χ1n) is 8.43. The van der Waals surface area contributed by atoms with Crippen LogP contribution in [0.1, 0.15) is 0 Å². The number of rotatable bonds is 7. The molecule has 1 N–H and O–H groups in total. The third-order valence-corrected chi connectivity index (χ3v) is 5.43. The van der Waals surface area contributed by atoms with Gasteiger partial charge in [0.05, 0.1) is 23.0 Å². The number of halogens is 2. The zero-order valence-electron chi connectivity index (χ0n) is 15.3. The molecule has 0 saturated heterocycles. The quantitative estimate of drug-likeness (QED) is 0.491. The minimum Gasteiger partial charge on any atom is -0.411 e. The second-order valence-electron chi connectivity index (χ2n) is 5.95. The molecule has 0 saturated carbocycles. The SMILES string of the molecule is CN(CC(=O)Nc1ccccc1Cl)C(=O)CSc1nnc(-c2ccc(Br)cc2)o1. The molecular weight excluding hydrogens is 480 g/mol. The molecule has 0 radical (unpaired) electrons. The van der Waals surface area contributed by atoms with Crippen molar-refractivity contribution in [3.05, 3.63) is 58.0 Å². The zero-order chi connectivity index (χ0) is 20.8. The number of aromatic nitrogens is 2. The highest BCUT2D eigenvalue weighted by Gasteiger charge is 2.16. The zero-order valence-corrected chi connectivity index (χ0v) is 18.4. The second-order valence-corrected chi connectivity index (χ2v) is 8.20. The Labute approximate surface area is 184 Å². The van der Waals surface area contributed by atoms with Crippen LogP contribution >= 0.6 is 39.3 Å². The van der Waals surface area contributed by atoms with Gasteiger partial charge in [-0.1, -0.05) is 51.4 Å². The summed E-state index contributed by atoms with van der Waals surface area (Å²) in [5, 5.41) is 11.3. The molecule has 0 fully saturated rings. The van der Waals surface area contributed by atoms with Gasteiger partial charge in [-0.25, -0.2) is 0 Å². The summed E-state index contributed by atoms with van der Waals surface area (Å²) in [5.74, 6) is -0.139. The van der Waals surface area contributed by atoms with E-state index in [9.17, 15) is 9.59 Å². The Bertz CT molecular complexity index is 1010. The van der Waals surface area contributed by atoms with Crippen LogP contribution in [0.5, 0.6) is 0 Å². The fourth-order valence-corrected chi connectivity index (χ4v) is 3.42.